The SMILES string of the molecule is c1ccc(N(c2ccccc2)c2ccc([O][Al][O]c3cc(N4c5ccccc5Sc5ccccc54)ccc3-c3nc4ccccc4n3-c3ccccc3)cc2)cc1. The van der Waals surface area contributed by atoms with Crippen molar-refractivity contribution in [2.45, 2.75) is 9.79 Å². The second-order valence-corrected chi connectivity index (χ2v) is 15.2. The summed E-state index contributed by atoms with van der Waals surface area (Å²) in [6.07, 6.45) is 0. The van der Waals surface area contributed by atoms with Gasteiger partial charge in [-0.15, -0.1) is 0 Å². The van der Waals surface area contributed by atoms with Gasteiger partial charge < -0.3 is 17.4 Å². The lowest BCUT2D eigenvalue weighted by atomic mass is 10.1. The van der Waals surface area contributed by atoms with Gasteiger partial charge in [0.1, 0.15) is 5.82 Å². The van der Waals surface area contributed by atoms with Crippen LogP contribution in [-0.4, -0.2) is 25.4 Å². The summed E-state index contributed by atoms with van der Waals surface area (Å²) >= 11 is 0.839. The van der Waals surface area contributed by atoms with Crippen molar-refractivity contribution in [3.63, 3.8) is 0 Å². The smallest absolute Gasteiger partial charge is 0.616 e. The summed E-state index contributed by atoms with van der Waals surface area (Å²) in [6.45, 7) is 0. The highest BCUT2D eigenvalue weighted by Gasteiger charge is 2.27. The van der Waals surface area contributed by atoms with E-state index in [-0.39, 0.29) is 0 Å². The van der Waals surface area contributed by atoms with Gasteiger partial charge >= 0.3 is 15.9 Å². The molecule has 1 radical (unpaired) electrons. The van der Waals surface area contributed by atoms with Gasteiger partial charge in [-0.25, -0.2) is 4.98 Å². The zero-order valence-electron chi connectivity index (χ0n) is 30.7. The van der Waals surface area contributed by atoms with E-state index in [9.17, 15) is 0 Å². The molecule has 6 nitrogen and oxygen atoms in total. The van der Waals surface area contributed by atoms with Crippen LogP contribution in [0.1, 0.15) is 0 Å². The fourth-order valence-electron chi connectivity index (χ4n) is 7.37. The van der Waals surface area contributed by atoms with E-state index < -0.39 is 15.9 Å². The number of fused-ring (bicyclic) bond motifs is 3. The fourth-order valence-corrected chi connectivity index (χ4v) is 9.04. The number of benzene rings is 8. The highest BCUT2D eigenvalue weighted by Crippen LogP contribution is 2.52. The minimum atomic E-state index is -0.954. The summed E-state index contributed by atoms with van der Waals surface area (Å²) < 4.78 is 15.4. The third-order valence-electron chi connectivity index (χ3n) is 9.95. The van der Waals surface area contributed by atoms with Gasteiger partial charge in [0.05, 0.1) is 39.5 Å². The molecule has 2 heterocycles. The van der Waals surface area contributed by atoms with Crippen LogP contribution in [0.3, 0.4) is 0 Å². The van der Waals surface area contributed by atoms with E-state index in [0.29, 0.717) is 5.75 Å². The van der Waals surface area contributed by atoms with Gasteiger partial charge in [-0.2, -0.15) is 0 Å². The van der Waals surface area contributed by atoms with E-state index in [1.54, 1.807) is 11.8 Å². The van der Waals surface area contributed by atoms with E-state index in [2.05, 4.69) is 184 Å². The maximum atomic E-state index is 6.77. The van der Waals surface area contributed by atoms with Gasteiger partial charge in [0, 0.05) is 44.3 Å². The first-order chi connectivity index (χ1) is 28.3. The second-order valence-electron chi connectivity index (χ2n) is 13.5. The molecule has 0 atom stereocenters. The average Bonchev–Trinajstić information content (AvgIpc) is 3.67. The highest BCUT2D eigenvalue weighted by atomic mass is 32.2. The summed E-state index contributed by atoms with van der Waals surface area (Å²) in [4.78, 5) is 12.2. The molecule has 10 rings (SSSR count). The largest absolute Gasteiger partial charge is 0.881 e. The minimum absolute atomic E-state index is 0.694. The zero-order valence-corrected chi connectivity index (χ0v) is 32.7. The van der Waals surface area contributed by atoms with Gasteiger partial charge in [-0.05, 0) is 109 Å². The Morgan fingerprint density at radius 2 is 1.05 bits per heavy atom. The molecule has 1 aliphatic rings. The molecule has 0 amide bonds. The molecular weight excluding hydrogens is 736 g/mol. The van der Waals surface area contributed by atoms with Crippen LogP contribution in [-0.2, 0) is 0 Å². The molecule has 0 unspecified atom stereocenters. The van der Waals surface area contributed by atoms with Crippen LogP contribution in [0.15, 0.2) is 216 Å². The normalized spacial score (nSPS) is 11.8. The van der Waals surface area contributed by atoms with Gasteiger partial charge in [0.15, 0.2) is 0 Å². The molecule has 1 aromatic heterocycles. The summed E-state index contributed by atoms with van der Waals surface area (Å²) in [5.74, 6) is 2.23. The van der Waals surface area contributed by atoms with Crippen molar-refractivity contribution in [1.29, 1.82) is 0 Å². The predicted octanol–water partition coefficient (Wildman–Crippen LogP) is 13.1. The third kappa shape index (κ3) is 6.81. The first kappa shape index (κ1) is 34.8. The van der Waals surface area contributed by atoms with Gasteiger partial charge in [0.25, 0.3) is 0 Å². The molecule has 0 saturated carbocycles. The molecule has 9 aromatic rings. The summed E-state index contributed by atoms with van der Waals surface area (Å²) in [5, 5.41) is 0. The van der Waals surface area contributed by atoms with Crippen LogP contribution in [0.4, 0.5) is 34.1 Å². The lowest BCUT2D eigenvalue weighted by Gasteiger charge is -2.33. The molecule has 0 aliphatic carbocycles. The van der Waals surface area contributed by atoms with Crippen LogP contribution in [0.25, 0.3) is 28.1 Å². The van der Waals surface area contributed by atoms with E-state index >= 15 is 0 Å². The Hall–Kier alpha value is -6.69. The molecule has 271 valence electrons. The van der Waals surface area contributed by atoms with E-state index in [4.69, 9.17) is 12.6 Å². The maximum absolute atomic E-state index is 6.77. The topological polar surface area (TPSA) is 42.8 Å². The molecule has 0 fully saturated rings. The van der Waals surface area contributed by atoms with Gasteiger partial charge in [-0.3, -0.25) is 4.57 Å². The molecule has 57 heavy (non-hydrogen) atoms. The summed E-state index contributed by atoms with van der Waals surface area (Å²) in [6, 6.07) is 71.1. The minimum Gasteiger partial charge on any atom is -0.616 e. The quantitative estimate of drug-likeness (QED) is 0.129. The first-order valence-electron chi connectivity index (χ1n) is 18.8. The molecule has 0 saturated heterocycles. The number of aromatic nitrogens is 2. The number of hydrogen-bond donors (Lipinski definition) is 0. The van der Waals surface area contributed by atoms with Crippen molar-refractivity contribution in [2.24, 2.45) is 0 Å². The van der Waals surface area contributed by atoms with E-state index in [1.807, 2.05) is 36.4 Å². The van der Waals surface area contributed by atoms with Crippen molar-refractivity contribution in [3.05, 3.63) is 206 Å². The van der Waals surface area contributed by atoms with Crippen LogP contribution in [0.5, 0.6) is 11.5 Å². The number of rotatable bonds is 10. The lowest BCUT2D eigenvalue weighted by molar-refractivity contribution is 0.460. The molecule has 0 spiro atoms. The zero-order chi connectivity index (χ0) is 38.0. The van der Waals surface area contributed by atoms with Crippen LogP contribution in [0.2, 0.25) is 0 Å². The van der Waals surface area contributed by atoms with Crippen molar-refractivity contribution < 1.29 is 7.58 Å². The number of nitrogens with zero attached hydrogens (tertiary/aromatic N) is 4. The Labute approximate surface area is 342 Å². The predicted molar refractivity (Wildman–Crippen MR) is 233 cm³/mol. The van der Waals surface area contributed by atoms with Crippen molar-refractivity contribution in [1.82, 2.24) is 9.55 Å². The molecule has 8 heteroatoms. The number of para-hydroxylation sites is 7. The van der Waals surface area contributed by atoms with Gasteiger partial charge in [-0.1, -0.05) is 103 Å². The van der Waals surface area contributed by atoms with Crippen LogP contribution in [0, 0.1) is 0 Å². The Morgan fingerprint density at radius 3 is 1.72 bits per heavy atom. The van der Waals surface area contributed by atoms with Crippen molar-refractivity contribution in [3.8, 4) is 28.6 Å². The summed E-state index contributed by atoms with van der Waals surface area (Å²) in [7, 11) is 0. The Bertz CT molecular complexity index is 2730. The average molecular weight is 770 g/mol. The number of anilines is 6. The van der Waals surface area contributed by atoms with E-state index in [1.165, 1.54) is 9.79 Å². The Balaban J connectivity index is 1.02. The standard InChI is InChI=1S/C31H21N3OS.C18H15NO.Al/c35-28-20-22(33-26-14-6-8-16-29(26)36-30-17-9-7-15-27(30)33)18-19-23(28)31-32-24-12-4-5-13-25(24)34(31)21-10-2-1-3-11-21;20-18-13-11-17(12-14-18)19(15-7-3-1-4-8-15)16-9-5-2-6-10-16;/h1-20,35H;1-14,20H;/q;;+2/p-2. The first-order valence-corrected chi connectivity index (χ1v) is 20.5. The van der Waals surface area contributed by atoms with Crippen molar-refractivity contribution in [2.75, 3.05) is 9.80 Å². The van der Waals surface area contributed by atoms with Crippen LogP contribution < -0.4 is 17.4 Å². The second kappa shape index (κ2) is 15.4. The molecule has 0 bridgehead atoms. The Kier molecular flexibility index (Phi) is 9.43. The monoisotopic (exact) mass is 769 g/mol. The molecule has 1 aliphatic heterocycles. The van der Waals surface area contributed by atoms with Crippen molar-refractivity contribution >= 4 is 72.8 Å². The fraction of sp³-hybridized carbons (Fsp3) is 0. The van der Waals surface area contributed by atoms with Gasteiger partial charge in [0.2, 0.25) is 0 Å². The lowest BCUT2D eigenvalue weighted by Crippen LogP contribution is -2.16. The van der Waals surface area contributed by atoms with Crippen LogP contribution >= 0.6 is 11.8 Å². The molecule has 0 N–H and O–H groups in total. The Morgan fingerprint density at radius 1 is 0.491 bits per heavy atom. The third-order valence-corrected chi connectivity index (χ3v) is 11.8. The number of imidazole rings is 1. The highest BCUT2D eigenvalue weighted by molar-refractivity contribution is 7.99. The number of hydrogen-bond acceptors (Lipinski definition) is 6. The molecular formula is C49H34AlN4O2S. The maximum Gasteiger partial charge on any atom is 0.881 e. The van der Waals surface area contributed by atoms with E-state index in [0.717, 1.165) is 68.0 Å². The molecule has 8 aromatic carbocycles. The summed E-state index contributed by atoms with van der Waals surface area (Å²) in [5.41, 5.74) is 10.3.